The molecule has 0 spiro atoms. The number of halogens is 1. The molecule has 0 N–H and O–H groups in total. The highest BCUT2D eigenvalue weighted by molar-refractivity contribution is 5.70. The number of ether oxygens (including phenoxy) is 2. The molecule has 0 radical (unpaired) electrons. The second kappa shape index (κ2) is 11.4. The highest BCUT2D eigenvalue weighted by Crippen LogP contribution is 2.36. The van der Waals surface area contributed by atoms with Gasteiger partial charge in [-0.05, 0) is 42.7 Å². The molecule has 5 heteroatoms. The number of rotatable bonds is 10. The number of benzene rings is 3. The Labute approximate surface area is 189 Å². The molecule has 2 atom stereocenters. The van der Waals surface area contributed by atoms with E-state index in [4.69, 9.17) is 9.47 Å². The highest BCUT2D eigenvalue weighted by Gasteiger charge is 2.29. The summed E-state index contributed by atoms with van der Waals surface area (Å²) < 4.78 is 25.0. The van der Waals surface area contributed by atoms with Crippen LogP contribution in [-0.4, -0.2) is 24.6 Å². The molecule has 1 unspecified atom stereocenters. The summed E-state index contributed by atoms with van der Waals surface area (Å²) in [6, 6.07) is 24.7. The fourth-order valence-electron chi connectivity index (χ4n) is 3.93. The second-order valence-electron chi connectivity index (χ2n) is 7.66. The van der Waals surface area contributed by atoms with Gasteiger partial charge in [0.25, 0.3) is 0 Å². The Morgan fingerprint density at radius 2 is 1.62 bits per heavy atom. The second-order valence-corrected chi connectivity index (χ2v) is 7.66. The van der Waals surface area contributed by atoms with Crippen LogP contribution in [0, 0.1) is 5.82 Å². The first-order valence-corrected chi connectivity index (χ1v) is 10.9. The van der Waals surface area contributed by atoms with Crippen molar-refractivity contribution >= 4 is 5.97 Å². The van der Waals surface area contributed by atoms with E-state index in [2.05, 4.69) is 36.1 Å². The van der Waals surface area contributed by atoms with Gasteiger partial charge in [-0.25, -0.2) is 4.39 Å². The Kier molecular flexibility index (Phi) is 8.40. The molecule has 4 nitrogen and oxygen atoms in total. The molecule has 0 aliphatic carbocycles. The molecule has 168 valence electrons. The van der Waals surface area contributed by atoms with E-state index in [-0.39, 0.29) is 30.2 Å². The third kappa shape index (κ3) is 5.95. The van der Waals surface area contributed by atoms with Gasteiger partial charge in [0.05, 0.1) is 20.1 Å². The number of nitrogens with zero attached hydrogens (tertiary/aromatic N) is 1. The third-order valence-electron chi connectivity index (χ3n) is 5.61. The molecule has 3 aromatic carbocycles. The van der Waals surface area contributed by atoms with Gasteiger partial charge in [-0.1, -0.05) is 66.7 Å². The van der Waals surface area contributed by atoms with E-state index in [9.17, 15) is 9.18 Å². The zero-order valence-corrected chi connectivity index (χ0v) is 18.8. The van der Waals surface area contributed by atoms with Crippen LogP contribution in [-0.2, 0) is 16.1 Å². The molecule has 0 bridgehead atoms. The van der Waals surface area contributed by atoms with E-state index in [1.807, 2.05) is 42.5 Å². The lowest BCUT2D eigenvalue weighted by Crippen LogP contribution is -2.33. The van der Waals surface area contributed by atoms with Crippen LogP contribution in [0.4, 0.5) is 4.39 Å². The predicted octanol–water partition coefficient (Wildman–Crippen LogP) is 6.09. The molecule has 3 rings (SSSR count). The van der Waals surface area contributed by atoms with Crippen molar-refractivity contribution in [3.8, 4) is 5.75 Å². The molecule has 0 saturated carbocycles. The fourth-order valence-corrected chi connectivity index (χ4v) is 3.93. The van der Waals surface area contributed by atoms with Gasteiger partial charge in [-0.15, -0.1) is 0 Å². The van der Waals surface area contributed by atoms with Crippen LogP contribution in [0.15, 0.2) is 78.9 Å². The number of hydrogen-bond acceptors (Lipinski definition) is 4. The van der Waals surface area contributed by atoms with Gasteiger partial charge >= 0.3 is 5.97 Å². The van der Waals surface area contributed by atoms with Crippen molar-refractivity contribution in [3.05, 3.63) is 101 Å². The van der Waals surface area contributed by atoms with Crippen molar-refractivity contribution in [2.45, 2.75) is 38.9 Å². The van der Waals surface area contributed by atoms with Crippen molar-refractivity contribution in [1.82, 2.24) is 4.90 Å². The highest BCUT2D eigenvalue weighted by atomic mass is 19.1. The van der Waals surface area contributed by atoms with E-state index < -0.39 is 5.82 Å². The first-order valence-electron chi connectivity index (χ1n) is 10.9. The summed E-state index contributed by atoms with van der Waals surface area (Å²) in [5, 5.41) is 0. The molecule has 0 saturated heterocycles. The van der Waals surface area contributed by atoms with Crippen LogP contribution in [0.2, 0.25) is 0 Å². The van der Waals surface area contributed by atoms with Gasteiger partial charge in [-0.2, -0.15) is 0 Å². The maximum atomic E-state index is 14.7. The lowest BCUT2D eigenvalue weighted by Gasteiger charge is -2.37. The van der Waals surface area contributed by atoms with Gasteiger partial charge in [0.2, 0.25) is 0 Å². The zero-order valence-electron chi connectivity index (χ0n) is 18.8. The Bertz CT molecular complexity index is 994. The van der Waals surface area contributed by atoms with Crippen LogP contribution in [0.5, 0.6) is 5.75 Å². The van der Waals surface area contributed by atoms with Gasteiger partial charge in [0, 0.05) is 18.6 Å². The smallest absolute Gasteiger partial charge is 0.307 e. The first kappa shape index (κ1) is 23.5. The van der Waals surface area contributed by atoms with Crippen LogP contribution in [0.1, 0.15) is 49.0 Å². The van der Waals surface area contributed by atoms with E-state index in [1.165, 1.54) is 13.2 Å². The van der Waals surface area contributed by atoms with Crippen molar-refractivity contribution in [2.24, 2.45) is 0 Å². The minimum absolute atomic E-state index is 0.0269. The molecule has 0 fully saturated rings. The number of esters is 1. The summed E-state index contributed by atoms with van der Waals surface area (Å²) in [6.07, 6.45) is 0.115. The molecule has 0 aliphatic heterocycles. The Hall–Kier alpha value is -3.18. The lowest BCUT2D eigenvalue weighted by molar-refractivity contribution is -0.145. The summed E-state index contributed by atoms with van der Waals surface area (Å²) in [6.45, 7) is 4.79. The Morgan fingerprint density at radius 1 is 0.969 bits per heavy atom. The van der Waals surface area contributed by atoms with E-state index >= 15 is 0 Å². The maximum absolute atomic E-state index is 14.7. The van der Waals surface area contributed by atoms with E-state index in [1.54, 1.807) is 13.0 Å². The largest absolute Gasteiger partial charge is 0.494 e. The Morgan fingerprint density at radius 3 is 2.22 bits per heavy atom. The van der Waals surface area contributed by atoms with Gasteiger partial charge in [0.15, 0.2) is 11.6 Å². The number of hydrogen-bond donors (Lipinski definition) is 0. The monoisotopic (exact) mass is 435 g/mol. The summed E-state index contributed by atoms with van der Waals surface area (Å²) in [5.74, 6) is -0.590. The fraction of sp³-hybridized carbons (Fsp3) is 0.296. The van der Waals surface area contributed by atoms with Crippen molar-refractivity contribution < 1.29 is 18.7 Å². The van der Waals surface area contributed by atoms with Gasteiger partial charge < -0.3 is 9.47 Å². The van der Waals surface area contributed by atoms with Gasteiger partial charge in [0.1, 0.15) is 0 Å². The predicted molar refractivity (Wildman–Crippen MR) is 124 cm³/mol. The van der Waals surface area contributed by atoms with Crippen molar-refractivity contribution in [2.75, 3.05) is 13.7 Å². The van der Waals surface area contributed by atoms with Crippen LogP contribution < -0.4 is 4.74 Å². The molecule has 32 heavy (non-hydrogen) atoms. The van der Waals surface area contributed by atoms with Gasteiger partial charge in [-0.3, -0.25) is 9.69 Å². The molecule has 0 heterocycles. The van der Waals surface area contributed by atoms with Crippen LogP contribution in [0.3, 0.4) is 0 Å². The third-order valence-corrected chi connectivity index (χ3v) is 5.61. The quantitative estimate of drug-likeness (QED) is 0.361. The molecule has 0 amide bonds. The van der Waals surface area contributed by atoms with E-state index in [0.29, 0.717) is 18.7 Å². The van der Waals surface area contributed by atoms with Crippen molar-refractivity contribution in [3.63, 3.8) is 0 Å². The lowest BCUT2D eigenvalue weighted by atomic mass is 9.96. The summed E-state index contributed by atoms with van der Waals surface area (Å²) >= 11 is 0. The molecule has 0 aromatic heterocycles. The van der Waals surface area contributed by atoms with Crippen molar-refractivity contribution in [1.29, 1.82) is 0 Å². The van der Waals surface area contributed by atoms with E-state index in [0.717, 1.165) is 11.1 Å². The number of carbonyl (C=O) groups is 1. The topological polar surface area (TPSA) is 38.8 Å². The standard InChI is InChI=1S/C27H30FNO3/c1-4-32-27(30)18-25(23-15-16-26(31-3)24(28)17-23)29(19-21-11-7-5-8-12-21)20(2)22-13-9-6-10-14-22/h5-17,20,25H,4,18-19H2,1-3H3/t20?,25-/m0/s1. The summed E-state index contributed by atoms with van der Waals surface area (Å²) in [5.41, 5.74) is 2.93. The maximum Gasteiger partial charge on any atom is 0.307 e. The molecular formula is C27H30FNO3. The average Bonchev–Trinajstić information content (AvgIpc) is 2.82. The number of carbonyl (C=O) groups excluding carboxylic acids is 1. The minimum Gasteiger partial charge on any atom is -0.494 e. The normalized spacial score (nSPS) is 12.9. The van der Waals surface area contributed by atoms with Crippen LogP contribution >= 0.6 is 0 Å². The zero-order chi connectivity index (χ0) is 22.9. The summed E-state index contributed by atoms with van der Waals surface area (Å²) in [4.78, 5) is 14.8. The van der Waals surface area contributed by atoms with Crippen LogP contribution in [0.25, 0.3) is 0 Å². The number of methoxy groups -OCH3 is 1. The average molecular weight is 436 g/mol. The molecule has 3 aromatic rings. The molecular weight excluding hydrogens is 405 g/mol. The SMILES string of the molecule is CCOC(=O)C[C@@H](c1ccc(OC)c(F)c1)N(Cc1ccccc1)C(C)c1ccccc1. The molecule has 0 aliphatic rings. The minimum atomic E-state index is -0.453. The summed E-state index contributed by atoms with van der Waals surface area (Å²) in [7, 11) is 1.44. The Balaban J connectivity index is 2.06. The first-order chi connectivity index (χ1) is 15.5.